The maximum Gasteiger partial charge on any atom is 0.225 e. The van der Waals surface area contributed by atoms with Crippen LogP contribution in [0.3, 0.4) is 0 Å². The first-order chi connectivity index (χ1) is 11.0. The average molecular weight is 317 g/mol. The minimum atomic E-state index is -0.219. The van der Waals surface area contributed by atoms with Crippen molar-refractivity contribution in [1.29, 1.82) is 0 Å². The number of hydrogen-bond donors (Lipinski definition) is 1. The highest BCUT2D eigenvalue weighted by Crippen LogP contribution is 2.27. The van der Waals surface area contributed by atoms with E-state index in [9.17, 15) is 9.59 Å². The van der Waals surface area contributed by atoms with Crippen molar-refractivity contribution in [2.75, 3.05) is 31.6 Å². The van der Waals surface area contributed by atoms with E-state index in [1.165, 1.54) is 0 Å². The van der Waals surface area contributed by atoms with Crippen LogP contribution in [0.2, 0.25) is 0 Å². The van der Waals surface area contributed by atoms with E-state index in [4.69, 9.17) is 0 Å². The summed E-state index contributed by atoms with van der Waals surface area (Å²) in [4.78, 5) is 36.8. The summed E-state index contributed by atoms with van der Waals surface area (Å²) in [5.41, 5.74) is 2.00. The number of rotatable bonds is 4. The molecule has 1 aromatic rings. The molecule has 0 aromatic carbocycles. The Morgan fingerprint density at radius 1 is 1.35 bits per heavy atom. The Morgan fingerprint density at radius 3 is 2.74 bits per heavy atom. The fourth-order valence-electron chi connectivity index (χ4n) is 3.22. The van der Waals surface area contributed by atoms with E-state index in [-0.39, 0.29) is 23.8 Å². The molecular weight excluding hydrogens is 294 g/mol. The zero-order valence-corrected chi connectivity index (χ0v) is 13.9. The van der Waals surface area contributed by atoms with Gasteiger partial charge in [0.1, 0.15) is 0 Å². The van der Waals surface area contributed by atoms with E-state index >= 15 is 0 Å². The lowest BCUT2D eigenvalue weighted by atomic mass is 10.1. The van der Waals surface area contributed by atoms with Crippen LogP contribution in [-0.4, -0.2) is 59.4 Å². The highest BCUT2D eigenvalue weighted by atomic mass is 16.2. The number of aromatic nitrogens is 2. The number of nitrogens with zero attached hydrogens (tertiary/aromatic N) is 4. The molecule has 1 unspecified atom stereocenters. The highest BCUT2D eigenvalue weighted by molar-refractivity contribution is 5.89. The third kappa shape index (κ3) is 3.00. The molecule has 0 bridgehead atoms. The summed E-state index contributed by atoms with van der Waals surface area (Å²) in [5.74, 6) is 0.547. The molecule has 7 nitrogen and oxygen atoms in total. The lowest BCUT2D eigenvalue weighted by Gasteiger charge is -2.44. The van der Waals surface area contributed by atoms with E-state index in [0.717, 1.165) is 36.8 Å². The Hall–Kier alpha value is -2.18. The topological polar surface area (TPSA) is 78.4 Å². The number of amides is 2. The molecule has 1 atom stereocenters. The minimum absolute atomic E-state index is 0.0494. The van der Waals surface area contributed by atoms with E-state index in [0.29, 0.717) is 13.0 Å². The third-order valence-corrected chi connectivity index (χ3v) is 4.62. The second-order valence-corrected chi connectivity index (χ2v) is 6.27. The van der Waals surface area contributed by atoms with Crippen molar-refractivity contribution >= 4 is 17.8 Å². The number of likely N-dealkylation sites (tertiary alicyclic amines) is 1. The Labute approximate surface area is 136 Å². The van der Waals surface area contributed by atoms with Crippen LogP contribution in [0.15, 0.2) is 6.07 Å². The summed E-state index contributed by atoms with van der Waals surface area (Å²) >= 11 is 0. The molecule has 0 saturated carbocycles. The van der Waals surface area contributed by atoms with Crippen LogP contribution in [0.25, 0.3) is 0 Å². The van der Waals surface area contributed by atoms with Gasteiger partial charge in [-0.2, -0.15) is 0 Å². The third-order valence-electron chi connectivity index (χ3n) is 4.62. The van der Waals surface area contributed by atoms with Gasteiger partial charge in [0.2, 0.25) is 17.8 Å². The first kappa shape index (κ1) is 15.7. The van der Waals surface area contributed by atoms with Crippen molar-refractivity contribution in [2.45, 2.75) is 32.7 Å². The number of anilines is 1. The molecule has 0 spiro atoms. The van der Waals surface area contributed by atoms with Crippen LogP contribution in [0.5, 0.6) is 0 Å². The number of hydrogen-bond acceptors (Lipinski definition) is 5. The van der Waals surface area contributed by atoms with E-state index in [1.54, 1.807) is 7.05 Å². The van der Waals surface area contributed by atoms with Gasteiger partial charge in [0.15, 0.2) is 0 Å². The normalized spacial score (nSPS) is 21.5. The molecule has 0 radical (unpaired) electrons. The van der Waals surface area contributed by atoms with Crippen LogP contribution >= 0.6 is 0 Å². The maximum atomic E-state index is 12.1. The summed E-state index contributed by atoms with van der Waals surface area (Å²) in [6.07, 6.45) is 1.20. The first-order valence-electron chi connectivity index (χ1n) is 8.12. The quantitative estimate of drug-likeness (QED) is 0.854. The van der Waals surface area contributed by atoms with Crippen molar-refractivity contribution in [1.82, 2.24) is 20.2 Å². The summed E-state index contributed by atoms with van der Waals surface area (Å²) in [5, 5.41) is 2.63. The van der Waals surface area contributed by atoms with Gasteiger partial charge in [0.05, 0.1) is 12.0 Å². The lowest BCUT2D eigenvalue weighted by Crippen LogP contribution is -2.60. The highest BCUT2D eigenvalue weighted by Gasteiger charge is 2.42. The molecule has 23 heavy (non-hydrogen) atoms. The second kappa shape index (κ2) is 6.14. The largest absolute Gasteiger partial charge is 0.359 e. The molecular formula is C16H23N5O2. The molecule has 7 heteroatoms. The maximum absolute atomic E-state index is 12.1. The molecule has 2 saturated heterocycles. The van der Waals surface area contributed by atoms with E-state index < -0.39 is 0 Å². The fourth-order valence-corrected chi connectivity index (χ4v) is 3.22. The summed E-state index contributed by atoms with van der Waals surface area (Å²) in [6.45, 7) is 6.04. The summed E-state index contributed by atoms with van der Waals surface area (Å²) < 4.78 is 0. The van der Waals surface area contributed by atoms with Crippen molar-refractivity contribution in [2.24, 2.45) is 5.92 Å². The number of nitrogens with one attached hydrogen (secondary N) is 1. The van der Waals surface area contributed by atoms with Crippen molar-refractivity contribution in [3.8, 4) is 0 Å². The van der Waals surface area contributed by atoms with Crippen LogP contribution in [0, 0.1) is 12.8 Å². The van der Waals surface area contributed by atoms with Gasteiger partial charge >= 0.3 is 0 Å². The van der Waals surface area contributed by atoms with Gasteiger partial charge in [-0.05, 0) is 19.4 Å². The van der Waals surface area contributed by atoms with Gasteiger partial charge in [0, 0.05) is 44.5 Å². The number of carbonyl (C=O) groups excluding carboxylic acids is 2. The molecule has 3 rings (SSSR count). The van der Waals surface area contributed by atoms with Crippen LogP contribution < -0.4 is 10.2 Å². The van der Waals surface area contributed by atoms with Gasteiger partial charge < -0.3 is 15.1 Å². The second-order valence-electron chi connectivity index (χ2n) is 6.27. The predicted octanol–water partition coefficient (Wildman–Crippen LogP) is 0.131. The fraction of sp³-hybridized carbons (Fsp3) is 0.625. The standard InChI is InChI=1S/C16H23N5O2/c1-4-12-5-10(2)18-16(19-12)20-8-13(9-20)21-7-11(6-14(21)22)15(23)17-3/h5,11,13H,4,6-9H2,1-3H3,(H,17,23). The Balaban J connectivity index is 1.62. The van der Waals surface area contributed by atoms with Gasteiger partial charge in [-0.15, -0.1) is 0 Å². The first-order valence-corrected chi connectivity index (χ1v) is 8.12. The molecule has 2 fully saturated rings. The van der Waals surface area contributed by atoms with Gasteiger partial charge in [-0.1, -0.05) is 6.92 Å². The summed E-state index contributed by atoms with van der Waals surface area (Å²) in [7, 11) is 1.61. The van der Waals surface area contributed by atoms with Crippen molar-refractivity contribution in [3.05, 3.63) is 17.5 Å². The Morgan fingerprint density at radius 2 is 2.09 bits per heavy atom. The monoisotopic (exact) mass is 317 g/mol. The van der Waals surface area contributed by atoms with E-state index in [2.05, 4.69) is 27.1 Å². The molecule has 1 N–H and O–H groups in total. The SMILES string of the molecule is CCc1cc(C)nc(N2CC(N3CC(C(=O)NC)CC3=O)C2)n1. The zero-order chi connectivity index (χ0) is 16.6. The van der Waals surface area contributed by atoms with Gasteiger partial charge in [0.25, 0.3) is 0 Å². The number of carbonyl (C=O) groups is 2. The smallest absolute Gasteiger partial charge is 0.225 e. The van der Waals surface area contributed by atoms with Crippen LogP contribution in [-0.2, 0) is 16.0 Å². The van der Waals surface area contributed by atoms with Gasteiger partial charge in [-0.3, -0.25) is 9.59 Å². The Kier molecular flexibility index (Phi) is 4.19. The number of aryl methyl sites for hydroxylation is 2. The zero-order valence-electron chi connectivity index (χ0n) is 13.9. The Bertz CT molecular complexity index is 627. The average Bonchev–Trinajstić information content (AvgIpc) is 2.86. The lowest BCUT2D eigenvalue weighted by molar-refractivity contribution is -0.130. The van der Waals surface area contributed by atoms with Crippen LogP contribution in [0.4, 0.5) is 5.95 Å². The molecule has 3 heterocycles. The van der Waals surface area contributed by atoms with Crippen molar-refractivity contribution in [3.63, 3.8) is 0 Å². The molecule has 2 aliphatic rings. The van der Waals surface area contributed by atoms with Gasteiger partial charge in [-0.25, -0.2) is 9.97 Å². The van der Waals surface area contributed by atoms with Crippen molar-refractivity contribution < 1.29 is 9.59 Å². The van der Waals surface area contributed by atoms with Crippen LogP contribution in [0.1, 0.15) is 24.7 Å². The molecule has 2 amide bonds. The molecule has 1 aromatic heterocycles. The predicted molar refractivity (Wildman–Crippen MR) is 86.0 cm³/mol. The molecule has 2 aliphatic heterocycles. The minimum Gasteiger partial charge on any atom is -0.359 e. The molecule has 124 valence electrons. The summed E-state index contributed by atoms with van der Waals surface area (Å²) in [6, 6.07) is 2.16. The molecule has 0 aliphatic carbocycles. The van der Waals surface area contributed by atoms with E-state index in [1.807, 2.05) is 17.9 Å².